The highest BCUT2D eigenvalue weighted by molar-refractivity contribution is 7.77. The third-order valence-electron chi connectivity index (χ3n) is 1.07. The third kappa shape index (κ3) is 4.34. The molecule has 0 heterocycles. The van der Waals surface area contributed by atoms with Crippen molar-refractivity contribution in [2.75, 3.05) is 0 Å². The van der Waals surface area contributed by atoms with Crippen LogP contribution in [0.3, 0.4) is 0 Å². The second-order valence-electron chi connectivity index (χ2n) is 2.00. The topological polar surface area (TPSA) is 82.0 Å². The van der Waals surface area contributed by atoms with Gasteiger partial charge in [0, 0.05) is 19.0 Å². The molecule has 0 amide bonds. The molecule has 0 saturated carbocycles. The number of rotatable bonds is 4. The standard InChI is InChI=1S/C5H9NO3S/c6-3(5(8)9)1-2-4(7)10/h3H,1-2,6H2,(H,7,10)(H,8,9)/p+2/t3-/m0/s1. The number of carbonyl (C=O) groups excluding carboxylic acids is 1. The average molecular weight is 165 g/mol. The normalized spacial score (nSPS) is 12.6. The fraction of sp³-hybridized carbons (Fsp3) is 0.600. The summed E-state index contributed by atoms with van der Waals surface area (Å²) < 4.78 is 0. The van der Waals surface area contributed by atoms with E-state index in [1.165, 1.54) is 0 Å². The fourth-order valence-corrected chi connectivity index (χ4v) is 0.573. The smallest absolute Gasteiger partial charge is 0.362 e. The molecule has 10 heavy (non-hydrogen) atoms. The van der Waals surface area contributed by atoms with Gasteiger partial charge in [-0.2, -0.15) is 0 Å². The molecule has 1 atom stereocenters. The number of carboxylic acids is 1. The van der Waals surface area contributed by atoms with Gasteiger partial charge in [0.1, 0.15) is 0 Å². The first kappa shape index (κ1) is 9.45. The Morgan fingerprint density at radius 1 is 1.60 bits per heavy atom. The van der Waals surface area contributed by atoms with Crippen molar-refractivity contribution < 1.29 is 20.4 Å². The van der Waals surface area contributed by atoms with Gasteiger partial charge in [-0.3, -0.25) is 0 Å². The van der Waals surface area contributed by atoms with Crippen molar-refractivity contribution in [2.24, 2.45) is 0 Å². The number of hydrogen-bond acceptors (Lipinski definition) is 2. The minimum Gasteiger partial charge on any atom is -0.477 e. The Morgan fingerprint density at radius 3 is 2.40 bits per heavy atom. The van der Waals surface area contributed by atoms with Gasteiger partial charge >= 0.3 is 11.1 Å². The van der Waals surface area contributed by atoms with E-state index in [0.717, 1.165) is 0 Å². The molecule has 0 aliphatic carbocycles. The van der Waals surface area contributed by atoms with Crippen LogP contribution in [0.15, 0.2) is 0 Å². The summed E-state index contributed by atoms with van der Waals surface area (Å²) in [5.74, 6) is -0.965. The highest BCUT2D eigenvalue weighted by Gasteiger charge is 2.17. The van der Waals surface area contributed by atoms with E-state index in [1.54, 1.807) is 0 Å². The molecule has 0 radical (unpaired) electrons. The van der Waals surface area contributed by atoms with Crippen molar-refractivity contribution in [2.45, 2.75) is 18.9 Å². The summed E-state index contributed by atoms with van der Waals surface area (Å²) in [6.07, 6.45) is 0.509. The van der Waals surface area contributed by atoms with Crippen LogP contribution >= 0.6 is 0 Å². The summed E-state index contributed by atoms with van der Waals surface area (Å²) in [7, 11) is 0. The average Bonchev–Trinajstić information content (AvgIpc) is 1.82. The zero-order valence-corrected chi connectivity index (χ0v) is 6.46. The Balaban J connectivity index is 3.49. The Labute approximate surface area is 63.8 Å². The van der Waals surface area contributed by atoms with Crippen LogP contribution in [0.5, 0.6) is 0 Å². The van der Waals surface area contributed by atoms with Gasteiger partial charge in [-0.05, 0) is 0 Å². The van der Waals surface area contributed by atoms with Crippen LogP contribution in [0.2, 0.25) is 0 Å². The molecule has 0 aromatic heterocycles. The Morgan fingerprint density at radius 2 is 2.10 bits per heavy atom. The summed E-state index contributed by atoms with van der Waals surface area (Å²) in [5.41, 5.74) is 3.34. The molecule has 0 bridgehead atoms. The molecule has 4 N–H and O–H groups in total. The molecule has 0 aliphatic heterocycles. The predicted molar refractivity (Wildman–Crippen MR) is 38.7 cm³/mol. The number of aliphatic carboxylic acids is 1. The summed E-state index contributed by atoms with van der Waals surface area (Å²) in [6, 6.07) is -0.680. The van der Waals surface area contributed by atoms with E-state index in [9.17, 15) is 9.59 Å². The van der Waals surface area contributed by atoms with Crippen LogP contribution in [0.4, 0.5) is 0 Å². The molecule has 0 aliphatic rings. The molecule has 0 unspecified atom stereocenters. The molecule has 0 spiro atoms. The van der Waals surface area contributed by atoms with E-state index < -0.39 is 12.0 Å². The van der Waals surface area contributed by atoms with Crippen LogP contribution in [-0.2, 0) is 22.2 Å². The molecular formula is C5H11NO3S+2. The number of carboxylic acid groups (broad SMARTS) is 1. The minimum atomic E-state index is -0.965. The van der Waals surface area contributed by atoms with Crippen LogP contribution in [0.25, 0.3) is 0 Å². The van der Waals surface area contributed by atoms with Gasteiger partial charge in [0.05, 0.1) is 6.42 Å². The highest BCUT2D eigenvalue weighted by Crippen LogP contribution is 1.92. The quantitative estimate of drug-likeness (QED) is 0.473. The molecule has 0 aromatic rings. The van der Waals surface area contributed by atoms with E-state index in [2.05, 4.69) is 18.4 Å². The molecule has 58 valence electrons. The van der Waals surface area contributed by atoms with Crippen molar-refractivity contribution in [3.05, 3.63) is 0 Å². The number of quaternary nitrogens is 1. The van der Waals surface area contributed by atoms with Gasteiger partial charge in [0.2, 0.25) is 0 Å². The maximum Gasteiger partial charge on any atom is 0.362 e. The van der Waals surface area contributed by atoms with Crippen LogP contribution in [-0.4, -0.2) is 22.2 Å². The van der Waals surface area contributed by atoms with E-state index in [-0.39, 0.29) is 18.0 Å². The minimum absolute atomic E-state index is 0.185. The zero-order chi connectivity index (χ0) is 8.15. The van der Waals surface area contributed by atoms with Crippen molar-refractivity contribution >= 4 is 23.7 Å². The van der Waals surface area contributed by atoms with Gasteiger partial charge in [-0.1, -0.05) is 0 Å². The number of hydrogen-bond donors (Lipinski definition) is 2. The predicted octanol–water partition coefficient (Wildman–Crippen LogP) is -2.00. The molecular weight excluding hydrogens is 154 g/mol. The summed E-state index contributed by atoms with van der Waals surface area (Å²) in [4.78, 5) is 20.4. The first-order valence-corrected chi connectivity index (χ1v) is 3.34. The second kappa shape index (κ2) is 4.29. The first-order valence-electron chi connectivity index (χ1n) is 2.84. The van der Waals surface area contributed by atoms with E-state index >= 15 is 0 Å². The maximum atomic E-state index is 10.3. The Bertz CT molecular complexity index is 148. The second-order valence-corrected chi connectivity index (χ2v) is 2.55. The lowest BCUT2D eigenvalue weighted by Gasteiger charge is -1.96. The van der Waals surface area contributed by atoms with Crippen LogP contribution in [0.1, 0.15) is 12.8 Å². The monoisotopic (exact) mass is 165 g/mol. The van der Waals surface area contributed by atoms with Crippen molar-refractivity contribution in [3.63, 3.8) is 0 Å². The van der Waals surface area contributed by atoms with Crippen molar-refractivity contribution in [1.82, 2.24) is 0 Å². The molecule has 5 heteroatoms. The molecule has 0 saturated heterocycles. The fourth-order valence-electron chi connectivity index (χ4n) is 0.429. The molecule has 0 aromatic carbocycles. The maximum absolute atomic E-state index is 10.3. The van der Waals surface area contributed by atoms with Gasteiger partial charge in [0.15, 0.2) is 6.04 Å². The van der Waals surface area contributed by atoms with Crippen molar-refractivity contribution in [1.29, 1.82) is 0 Å². The molecule has 0 rings (SSSR count). The first-order chi connectivity index (χ1) is 4.54. The van der Waals surface area contributed by atoms with E-state index in [4.69, 9.17) is 5.11 Å². The van der Waals surface area contributed by atoms with Gasteiger partial charge in [-0.25, -0.2) is 9.59 Å². The Kier molecular flexibility index (Phi) is 4.06. The van der Waals surface area contributed by atoms with Crippen LogP contribution in [0, 0.1) is 0 Å². The van der Waals surface area contributed by atoms with Crippen molar-refractivity contribution in [3.8, 4) is 0 Å². The lowest BCUT2D eigenvalue weighted by Crippen LogP contribution is -2.64. The zero-order valence-electron chi connectivity index (χ0n) is 5.46. The lowest BCUT2D eigenvalue weighted by atomic mass is 10.2. The van der Waals surface area contributed by atoms with E-state index in [1.807, 2.05) is 0 Å². The molecule has 4 nitrogen and oxygen atoms in total. The molecule has 0 fully saturated rings. The largest absolute Gasteiger partial charge is 0.477 e. The summed E-state index contributed by atoms with van der Waals surface area (Å²) >= 11 is 2.74. The van der Waals surface area contributed by atoms with Crippen LogP contribution < -0.4 is 5.73 Å². The van der Waals surface area contributed by atoms with Gasteiger partial charge in [-0.15, -0.1) is 0 Å². The Hall–Kier alpha value is -0.550. The lowest BCUT2D eigenvalue weighted by molar-refractivity contribution is -0.408. The third-order valence-corrected chi connectivity index (χ3v) is 1.32. The highest BCUT2D eigenvalue weighted by atomic mass is 32.1. The van der Waals surface area contributed by atoms with E-state index in [0.29, 0.717) is 0 Å². The SMILES string of the molecule is [NH3+][C@@H](CCC(=O)[SH2+])C(=O)O. The van der Waals surface area contributed by atoms with Gasteiger partial charge in [0.25, 0.3) is 0 Å². The summed E-state index contributed by atoms with van der Waals surface area (Å²) in [6.45, 7) is 0. The van der Waals surface area contributed by atoms with Gasteiger partial charge < -0.3 is 10.8 Å². The summed E-state index contributed by atoms with van der Waals surface area (Å²) in [5, 5.41) is 8.12. The number of carbonyl (C=O) groups is 2.